The average Bonchev–Trinajstić information content (AvgIpc) is 2.18. The lowest BCUT2D eigenvalue weighted by atomic mass is 9.86. The van der Waals surface area contributed by atoms with Gasteiger partial charge in [-0.15, -0.1) is 11.6 Å². The number of nitrogens with one attached hydrogen (secondary N) is 1. The van der Waals surface area contributed by atoms with Crippen LogP contribution in [-0.4, -0.2) is 17.3 Å². The molecule has 15 heavy (non-hydrogen) atoms. The van der Waals surface area contributed by atoms with E-state index < -0.39 is 0 Å². The molecule has 1 aliphatic rings. The minimum absolute atomic E-state index is 0.00256. The zero-order chi connectivity index (χ0) is 11.3. The van der Waals surface area contributed by atoms with Crippen molar-refractivity contribution in [3.8, 4) is 0 Å². The van der Waals surface area contributed by atoms with Crippen molar-refractivity contribution in [3.05, 3.63) is 0 Å². The topological polar surface area (TPSA) is 29.1 Å². The van der Waals surface area contributed by atoms with Crippen LogP contribution in [0.25, 0.3) is 0 Å². The van der Waals surface area contributed by atoms with Gasteiger partial charge in [0.1, 0.15) is 5.38 Å². The van der Waals surface area contributed by atoms with Crippen molar-refractivity contribution < 1.29 is 4.79 Å². The van der Waals surface area contributed by atoms with Gasteiger partial charge in [-0.25, -0.2) is 0 Å². The predicted octanol–water partition coefficient (Wildman–Crippen LogP) is 3.09. The standard InChI is InChI=1S/C12H22ClNO/c1-9(2)14-12(15)11(13)8-10-6-4-3-5-7-10/h9-11H,3-8H2,1-2H3,(H,14,15). The third kappa shape index (κ3) is 4.87. The molecule has 0 spiro atoms. The van der Waals surface area contributed by atoms with Crippen LogP contribution in [0.5, 0.6) is 0 Å². The molecule has 0 heterocycles. The van der Waals surface area contributed by atoms with Crippen LogP contribution in [0, 0.1) is 5.92 Å². The molecule has 2 nitrogen and oxygen atoms in total. The highest BCUT2D eigenvalue weighted by Crippen LogP contribution is 2.28. The van der Waals surface area contributed by atoms with Crippen LogP contribution in [0.4, 0.5) is 0 Å². The Balaban J connectivity index is 2.26. The minimum atomic E-state index is -0.338. The Hall–Kier alpha value is -0.240. The van der Waals surface area contributed by atoms with E-state index in [-0.39, 0.29) is 17.3 Å². The molecule has 0 aromatic carbocycles. The Morgan fingerprint density at radius 1 is 1.33 bits per heavy atom. The quantitative estimate of drug-likeness (QED) is 0.741. The third-order valence-electron chi connectivity index (χ3n) is 2.98. The van der Waals surface area contributed by atoms with Crippen molar-refractivity contribution >= 4 is 17.5 Å². The van der Waals surface area contributed by atoms with E-state index in [1.54, 1.807) is 0 Å². The van der Waals surface area contributed by atoms with Gasteiger partial charge in [0.15, 0.2) is 0 Å². The van der Waals surface area contributed by atoms with Crippen molar-refractivity contribution in [1.29, 1.82) is 0 Å². The zero-order valence-electron chi connectivity index (χ0n) is 9.76. The number of carbonyl (C=O) groups is 1. The molecule has 0 aromatic heterocycles. The van der Waals surface area contributed by atoms with Crippen LogP contribution in [-0.2, 0) is 4.79 Å². The monoisotopic (exact) mass is 231 g/mol. The highest BCUT2D eigenvalue weighted by atomic mass is 35.5. The Bertz CT molecular complexity index is 200. The van der Waals surface area contributed by atoms with Crippen molar-refractivity contribution in [2.45, 2.75) is 63.8 Å². The Morgan fingerprint density at radius 2 is 1.93 bits per heavy atom. The maximum absolute atomic E-state index is 11.6. The summed E-state index contributed by atoms with van der Waals surface area (Å²) >= 11 is 6.10. The highest BCUT2D eigenvalue weighted by Gasteiger charge is 2.22. The minimum Gasteiger partial charge on any atom is -0.353 e. The van der Waals surface area contributed by atoms with Gasteiger partial charge in [0.05, 0.1) is 0 Å². The second-order valence-electron chi connectivity index (χ2n) is 4.87. The first-order valence-electron chi connectivity index (χ1n) is 6.04. The molecule has 1 rings (SSSR count). The molecule has 0 radical (unpaired) electrons. The van der Waals surface area contributed by atoms with Crippen molar-refractivity contribution in [2.75, 3.05) is 0 Å². The van der Waals surface area contributed by atoms with E-state index in [0.717, 1.165) is 6.42 Å². The van der Waals surface area contributed by atoms with Crippen LogP contribution in [0.3, 0.4) is 0 Å². The molecule has 1 unspecified atom stereocenters. The Labute approximate surface area is 97.8 Å². The first-order valence-corrected chi connectivity index (χ1v) is 6.47. The Morgan fingerprint density at radius 3 is 2.47 bits per heavy atom. The zero-order valence-corrected chi connectivity index (χ0v) is 10.5. The number of halogens is 1. The van der Waals surface area contributed by atoms with Gasteiger partial charge in [-0.05, 0) is 26.2 Å². The second-order valence-corrected chi connectivity index (χ2v) is 5.40. The largest absolute Gasteiger partial charge is 0.353 e. The molecule has 88 valence electrons. The maximum Gasteiger partial charge on any atom is 0.238 e. The van der Waals surface area contributed by atoms with Crippen LogP contribution in [0.15, 0.2) is 0 Å². The molecule has 1 atom stereocenters. The number of rotatable bonds is 4. The summed E-state index contributed by atoms with van der Waals surface area (Å²) in [5, 5.41) is 2.52. The summed E-state index contributed by atoms with van der Waals surface area (Å²) in [7, 11) is 0. The number of alkyl halides is 1. The molecule has 3 heteroatoms. The summed E-state index contributed by atoms with van der Waals surface area (Å²) in [4.78, 5) is 11.6. The van der Waals surface area contributed by atoms with E-state index in [4.69, 9.17) is 11.6 Å². The van der Waals surface area contributed by atoms with E-state index in [1.165, 1.54) is 32.1 Å². The first kappa shape index (κ1) is 12.8. The summed E-state index contributed by atoms with van der Waals surface area (Å²) in [5.74, 6) is 0.663. The smallest absolute Gasteiger partial charge is 0.238 e. The highest BCUT2D eigenvalue weighted by molar-refractivity contribution is 6.30. The van der Waals surface area contributed by atoms with Gasteiger partial charge >= 0.3 is 0 Å². The molecule has 1 aliphatic carbocycles. The van der Waals surface area contributed by atoms with Gasteiger partial charge in [-0.1, -0.05) is 32.1 Å². The van der Waals surface area contributed by atoms with Crippen LogP contribution in [0.2, 0.25) is 0 Å². The average molecular weight is 232 g/mol. The molecule has 0 aromatic rings. The number of hydrogen-bond acceptors (Lipinski definition) is 1. The van der Waals surface area contributed by atoms with Gasteiger partial charge in [-0.3, -0.25) is 4.79 Å². The lowest BCUT2D eigenvalue weighted by Crippen LogP contribution is -2.37. The van der Waals surface area contributed by atoms with E-state index >= 15 is 0 Å². The summed E-state index contributed by atoms with van der Waals surface area (Å²) < 4.78 is 0. The molecule has 1 amide bonds. The summed E-state index contributed by atoms with van der Waals surface area (Å²) in [6.07, 6.45) is 7.30. The maximum atomic E-state index is 11.6. The van der Waals surface area contributed by atoms with Crippen molar-refractivity contribution in [1.82, 2.24) is 5.32 Å². The summed E-state index contributed by atoms with van der Waals surface area (Å²) in [6.45, 7) is 3.92. The lowest BCUT2D eigenvalue weighted by Gasteiger charge is -2.23. The molecule has 0 saturated heterocycles. The fourth-order valence-corrected chi connectivity index (χ4v) is 2.51. The molecule has 1 N–H and O–H groups in total. The van der Waals surface area contributed by atoms with E-state index in [1.807, 2.05) is 13.8 Å². The van der Waals surface area contributed by atoms with Crippen LogP contribution < -0.4 is 5.32 Å². The van der Waals surface area contributed by atoms with Crippen LogP contribution in [0.1, 0.15) is 52.4 Å². The second kappa shape index (κ2) is 6.37. The third-order valence-corrected chi connectivity index (χ3v) is 3.36. The molecule has 0 bridgehead atoms. The SMILES string of the molecule is CC(C)NC(=O)C(Cl)CC1CCCCC1. The number of carbonyl (C=O) groups excluding carboxylic acids is 1. The summed E-state index contributed by atoms with van der Waals surface area (Å²) in [5.41, 5.74) is 0. The van der Waals surface area contributed by atoms with Crippen molar-refractivity contribution in [2.24, 2.45) is 5.92 Å². The van der Waals surface area contributed by atoms with Crippen molar-refractivity contribution in [3.63, 3.8) is 0 Å². The van der Waals surface area contributed by atoms with Gasteiger partial charge in [-0.2, -0.15) is 0 Å². The first-order chi connectivity index (χ1) is 7.09. The van der Waals surface area contributed by atoms with Gasteiger partial charge in [0.25, 0.3) is 0 Å². The normalized spacial score (nSPS) is 20.3. The fraction of sp³-hybridized carbons (Fsp3) is 0.917. The molecular weight excluding hydrogens is 210 g/mol. The number of amides is 1. The predicted molar refractivity (Wildman–Crippen MR) is 64.1 cm³/mol. The molecule has 1 fully saturated rings. The van der Waals surface area contributed by atoms with E-state index in [2.05, 4.69) is 5.32 Å². The molecule has 1 saturated carbocycles. The van der Waals surface area contributed by atoms with E-state index in [0.29, 0.717) is 5.92 Å². The van der Waals surface area contributed by atoms with Gasteiger partial charge in [0, 0.05) is 6.04 Å². The van der Waals surface area contributed by atoms with Crippen LogP contribution >= 0.6 is 11.6 Å². The summed E-state index contributed by atoms with van der Waals surface area (Å²) in [6, 6.07) is 0.185. The lowest BCUT2D eigenvalue weighted by molar-refractivity contribution is -0.121. The van der Waals surface area contributed by atoms with Gasteiger partial charge in [0.2, 0.25) is 5.91 Å². The van der Waals surface area contributed by atoms with Gasteiger partial charge < -0.3 is 5.32 Å². The fourth-order valence-electron chi connectivity index (χ4n) is 2.20. The Kier molecular flexibility index (Phi) is 5.44. The number of hydrogen-bond donors (Lipinski definition) is 1. The molecular formula is C12H22ClNO. The molecule has 0 aliphatic heterocycles. The van der Waals surface area contributed by atoms with E-state index in [9.17, 15) is 4.79 Å².